The average molecular weight is 356 g/mol. The van der Waals surface area contributed by atoms with Crippen LogP contribution < -0.4 is 4.90 Å². The predicted octanol–water partition coefficient (Wildman–Crippen LogP) is 3.20. The Morgan fingerprint density at radius 1 is 1.30 bits per heavy atom. The summed E-state index contributed by atoms with van der Waals surface area (Å²) < 4.78 is 34.0. The summed E-state index contributed by atoms with van der Waals surface area (Å²) in [6.45, 7) is 2.80. The Kier molecular flexibility index (Phi) is 6.16. The van der Waals surface area contributed by atoms with Gasteiger partial charge in [-0.25, -0.2) is 9.17 Å². The van der Waals surface area contributed by atoms with Crippen LogP contribution in [0.3, 0.4) is 0 Å². The minimum absolute atomic E-state index is 0.127. The SMILES string of the molecule is CCN(CCOS(=O)(=O)O)c1ccc(/N=N/c2nccs2)cc1. The summed E-state index contributed by atoms with van der Waals surface area (Å²) in [5.41, 5.74) is 1.58. The Hall–Kier alpha value is -1.88. The van der Waals surface area contributed by atoms with Crippen molar-refractivity contribution >= 4 is 38.2 Å². The molecule has 0 aliphatic carbocycles. The van der Waals surface area contributed by atoms with E-state index in [2.05, 4.69) is 19.4 Å². The third-order valence-corrected chi connectivity index (χ3v) is 3.98. The zero-order valence-electron chi connectivity index (χ0n) is 12.4. The number of hydrogen-bond donors (Lipinski definition) is 1. The fraction of sp³-hybridized carbons (Fsp3) is 0.308. The molecule has 0 amide bonds. The monoisotopic (exact) mass is 356 g/mol. The van der Waals surface area contributed by atoms with Gasteiger partial charge in [0, 0.05) is 30.4 Å². The van der Waals surface area contributed by atoms with Crippen molar-refractivity contribution in [1.29, 1.82) is 0 Å². The lowest BCUT2D eigenvalue weighted by Crippen LogP contribution is -2.27. The number of anilines is 1. The Bertz CT molecular complexity index is 730. The van der Waals surface area contributed by atoms with E-state index in [0.717, 1.165) is 5.69 Å². The molecule has 0 saturated carbocycles. The molecule has 0 aliphatic heterocycles. The second kappa shape index (κ2) is 8.11. The molecule has 0 atom stereocenters. The van der Waals surface area contributed by atoms with Crippen LogP contribution in [0.2, 0.25) is 0 Å². The largest absolute Gasteiger partial charge is 0.397 e. The summed E-state index contributed by atoms with van der Waals surface area (Å²) in [5.74, 6) is 0. The Morgan fingerprint density at radius 3 is 2.61 bits per heavy atom. The molecule has 8 nitrogen and oxygen atoms in total. The highest BCUT2D eigenvalue weighted by molar-refractivity contribution is 7.80. The molecule has 0 fully saturated rings. The van der Waals surface area contributed by atoms with Gasteiger partial charge in [0.05, 0.1) is 12.3 Å². The molecule has 10 heteroatoms. The third kappa shape index (κ3) is 6.02. The maximum atomic E-state index is 10.5. The molecule has 0 unspecified atom stereocenters. The van der Waals surface area contributed by atoms with Gasteiger partial charge in [0.1, 0.15) is 0 Å². The quantitative estimate of drug-likeness (QED) is 0.575. The van der Waals surface area contributed by atoms with Crippen LogP contribution in [-0.4, -0.2) is 37.7 Å². The highest BCUT2D eigenvalue weighted by atomic mass is 32.3. The molecule has 0 saturated heterocycles. The van der Waals surface area contributed by atoms with Gasteiger partial charge in [-0.2, -0.15) is 8.42 Å². The van der Waals surface area contributed by atoms with Crippen molar-refractivity contribution < 1.29 is 17.2 Å². The van der Waals surface area contributed by atoms with Crippen molar-refractivity contribution in [2.24, 2.45) is 10.2 Å². The Balaban J connectivity index is 1.96. The molecule has 2 rings (SSSR count). The molecular weight excluding hydrogens is 340 g/mol. The van der Waals surface area contributed by atoms with Gasteiger partial charge >= 0.3 is 10.4 Å². The molecular formula is C13H16N4O4S2. The lowest BCUT2D eigenvalue weighted by atomic mass is 10.2. The van der Waals surface area contributed by atoms with Gasteiger partial charge in [-0.05, 0) is 31.2 Å². The van der Waals surface area contributed by atoms with E-state index in [1.807, 2.05) is 29.3 Å². The van der Waals surface area contributed by atoms with Crippen LogP contribution in [-0.2, 0) is 14.6 Å². The van der Waals surface area contributed by atoms with E-state index in [1.165, 1.54) is 11.3 Å². The molecule has 23 heavy (non-hydrogen) atoms. The minimum atomic E-state index is -4.40. The van der Waals surface area contributed by atoms with Gasteiger partial charge in [0.2, 0.25) is 5.13 Å². The second-order valence-corrected chi connectivity index (χ2v) is 6.32. The molecule has 0 bridgehead atoms. The zero-order valence-corrected chi connectivity index (χ0v) is 14.0. The van der Waals surface area contributed by atoms with Crippen LogP contribution in [0.4, 0.5) is 16.5 Å². The number of likely N-dealkylation sites (N-methyl/N-ethyl adjacent to an activating group) is 1. The lowest BCUT2D eigenvalue weighted by Gasteiger charge is -2.22. The minimum Gasteiger partial charge on any atom is -0.369 e. The molecule has 0 aliphatic rings. The molecule has 2 aromatic rings. The van der Waals surface area contributed by atoms with Gasteiger partial charge in [0.15, 0.2) is 0 Å². The van der Waals surface area contributed by atoms with Gasteiger partial charge < -0.3 is 4.90 Å². The van der Waals surface area contributed by atoms with E-state index in [-0.39, 0.29) is 6.61 Å². The Morgan fingerprint density at radius 2 is 2.04 bits per heavy atom. The molecule has 124 valence electrons. The normalized spacial score (nSPS) is 11.9. The first-order valence-corrected chi connectivity index (χ1v) is 9.00. The highest BCUT2D eigenvalue weighted by Gasteiger charge is 2.08. The van der Waals surface area contributed by atoms with Gasteiger partial charge in [-0.3, -0.25) is 4.55 Å². The Labute approximate surface area is 138 Å². The number of hydrogen-bond acceptors (Lipinski definition) is 8. The van der Waals surface area contributed by atoms with E-state index in [1.54, 1.807) is 18.3 Å². The lowest BCUT2D eigenvalue weighted by molar-refractivity contribution is 0.274. The third-order valence-electron chi connectivity index (χ3n) is 2.86. The average Bonchev–Trinajstić information content (AvgIpc) is 3.03. The highest BCUT2D eigenvalue weighted by Crippen LogP contribution is 2.23. The number of rotatable bonds is 8. The first kappa shape index (κ1) is 17.5. The summed E-state index contributed by atoms with van der Waals surface area (Å²) in [4.78, 5) is 5.92. The molecule has 0 radical (unpaired) electrons. The fourth-order valence-electron chi connectivity index (χ4n) is 1.82. The van der Waals surface area contributed by atoms with Crippen LogP contribution in [0.1, 0.15) is 6.92 Å². The van der Waals surface area contributed by atoms with E-state index in [0.29, 0.717) is 23.9 Å². The van der Waals surface area contributed by atoms with Crippen molar-refractivity contribution in [3.05, 3.63) is 35.8 Å². The van der Waals surface area contributed by atoms with Crippen LogP contribution >= 0.6 is 11.3 Å². The standard InChI is InChI=1S/C13H16N4O4S2/c1-2-17(8-9-21-23(18,19)20)12-5-3-11(4-6-12)15-16-13-14-7-10-22-13/h3-7,10H,2,8-9H2,1H3,(H,18,19,20)/b16-15+. The van der Waals surface area contributed by atoms with Crippen LogP contribution in [0.15, 0.2) is 46.1 Å². The molecule has 0 spiro atoms. The van der Waals surface area contributed by atoms with Gasteiger partial charge in [-0.15, -0.1) is 21.6 Å². The van der Waals surface area contributed by atoms with Crippen molar-refractivity contribution in [2.45, 2.75) is 6.92 Å². The van der Waals surface area contributed by atoms with E-state index in [4.69, 9.17) is 4.55 Å². The molecule has 1 aromatic carbocycles. The fourth-order valence-corrected chi connectivity index (χ4v) is 2.56. The number of thiazole rings is 1. The molecule has 1 heterocycles. The topological polar surface area (TPSA) is 104 Å². The summed E-state index contributed by atoms with van der Waals surface area (Å²) in [7, 11) is -4.40. The van der Waals surface area contributed by atoms with Crippen molar-refractivity contribution in [3.8, 4) is 0 Å². The van der Waals surface area contributed by atoms with Crippen LogP contribution in [0.5, 0.6) is 0 Å². The maximum absolute atomic E-state index is 10.5. The first-order chi connectivity index (χ1) is 11.0. The predicted molar refractivity (Wildman–Crippen MR) is 88.1 cm³/mol. The van der Waals surface area contributed by atoms with Crippen LogP contribution in [0, 0.1) is 0 Å². The van der Waals surface area contributed by atoms with E-state index in [9.17, 15) is 8.42 Å². The smallest absolute Gasteiger partial charge is 0.369 e. The number of nitrogens with zero attached hydrogens (tertiary/aromatic N) is 4. The maximum Gasteiger partial charge on any atom is 0.397 e. The first-order valence-electron chi connectivity index (χ1n) is 6.76. The van der Waals surface area contributed by atoms with Crippen molar-refractivity contribution in [2.75, 3.05) is 24.6 Å². The second-order valence-electron chi connectivity index (χ2n) is 4.36. The number of aromatic nitrogens is 1. The summed E-state index contributed by atoms with van der Waals surface area (Å²) >= 11 is 1.40. The zero-order chi connectivity index (χ0) is 16.7. The molecule has 1 aromatic heterocycles. The molecule has 1 N–H and O–H groups in total. The van der Waals surface area contributed by atoms with E-state index >= 15 is 0 Å². The summed E-state index contributed by atoms with van der Waals surface area (Å²) in [5, 5.41) is 10.5. The summed E-state index contributed by atoms with van der Waals surface area (Å²) in [6.07, 6.45) is 1.66. The van der Waals surface area contributed by atoms with Gasteiger partial charge in [0.25, 0.3) is 0 Å². The van der Waals surface area contributed by atoms with E-state index < -0.39 is 10.4 Å². The van der Waals surface area contributed by atoms with Crippen molar-refractivity contribution in [1.82, 2.24) is 4.98 Å². The van der Waals surface area contributed by atoms with Crippen LogP contribution in [0.25, 0.3) is 0 Å². The summed E-state index contributed by atoms with van der Waals surface area (Å²) in [6, 6.07) is 7.32. The van der Waals surface area contributed by atoms with Gasteiger partial charge in [-0.1, -0.05) is 0 Å². The number of benzene rings is 1. The van der Waals surface area contributed by atoms with Crippen molar-refractivity contribution in [3.63, 3.8) is 0 Å². The number of azo groups is 1.